The van der Waals surface area contributed by atoms with Crippen LogP contribution in [-0.2, 0) is 10.0 Å². The summed E-state index contributed by atoms with van der Waals surface area (Å²) >= 11 is 0. The number of primary sulfonamides is 1. The average Bonchev–Trinajstić information content (AvgIpc) is 2.85. The fourth-order valence-corrected chi connectivity index (χ4v) is 3.60. The molecule has 0 spiro atoms. The van der Waals surface area contributed by atoms with E-state index >= 15 is 0 Å². The molecular formula is C16H26N4O3S. The number of amides is 1. The maximum Gasteiger partial charge on any atom is 0.253 e. The van der Waals surface area contributed by atoms with Gasteiger partial charge in [0.15, 0.2) is 0 Å². The number of hydrogen-bond acceptors (Lipinski definition) is 5. The molecule has 1 aliphatic heterocycles. The zero-order chi connectivity index (χ0) is 17.9. The molecule has 2 atom stereocenters. The molecule has 8 heteroatoms. The van der Waals surface area contributed by atoms with Gasteiger partial charge in [0.2, 0.25) is 10.0 Å². The summed E-state index contributed by atoms with van der Waals surface area (Å²) in [5.41, 5.74) is 6.92. The second kappa shape index (κ2) is 7.60. The molecule has 0 aromatic heterocycles. The molecule has 1 fully saturated rings. The molecule has 1 aromatic carbocycles. The van der Waals surface area contributed by atoms with Crippen LogP contribution in [0.15, 0.2) is 29.2 Å². The van der Waals surface area contributed by atoms with E-state index in [-0.39, 0.29) is 10.8 Å². The molecule has 0 radical (unpaired) electrons. The number of carbonyl (C=O) groups is 1. The summed E-state index contributed by atoms with van der Waals surface area (Å²) in [5.74, 6) is 0.419. The molecule has 134 valence electrons. The Labute approximate surface area is 143 Å². The highest BCUT2D eigenvalue weighted by Crippen LogP contribution is 2.20. The smallest absolute Gasteiger partial charge is 0.253 e. The van der Waals surface area contributed by atoms with Crippen LogP contribution in [-0.4, -0.2) is 44.9 Å². The van der Waals surface area contributed by atoms with E-state index in [1.807, 2.05) is 0 Å². The molecule has 4 N–H and O–H groups in total. The highest BCUT2D eigenvalue weighted by atomic mass is 32.2. The fraction of sp³-hybridized carbons (Fsp3) is 0.562. The zero-order valence-electron chi connectivity index (χ0n) is 14.3. The van der Waals surface area contributed by atoms with Crippen LogP contribution in [0.25, 0.3) is 0 Å². The largest absolute Gasteiger partial charge is 0.342 e. The van der Waals surface area contributed by atoms with Gasteiger partial charge in [-0.1, -0.05) is 0 Å². The molecule has 0 bridgehead atoms. The van der Waals surface area contributed by atoms with E-state index in [4.69, 9.17) is 5.14 Å². The van der Waals surface area contributed by atoms with Crippen molar-refractivity contribution in [3.8, 4) is 0 Å². The van der Waals surface area contributed by atoms with E-state index < -0.39 is 10.0 Å². The number of sulfonamides is 1. The van der Waals surface area contributed by atoms with Gasteiger partial charge in [-0.25, -0.2) is 13.6 Å². The van der Waals surface area contributed by atoms with E-state index in [2.05, 4.69) is 24.7 Å². The first-order valence-corrected chi connectivity index (χ1v) is 9.64. The van der Waals surface area contributed by atoms with E-state index in [0.29, 0.717) is 30.1 Å². The van der Waals surface area contributed by atoms with Gasteiger partial charge in [0.05, 0.1) is 4.90 Å². The number of nitrogens with zero attached hydrogens (tertiary/aromatic N) is 1. The first kappa shape index (κ1) is 18.9. The van der Waals surface area contributed by atoms with Crippen LogP contribution in [0.4, 0.5) is 0 Å². The topological polar surface area (TPSA) is 105 Å². The quantitative estimate of drug-likeness (QED) is 0.697. The summed E-state index contributed by atoms with van der Waals surface area (Å²) in [4.78, 5) is 14.1. The highest BCUT2D eigenvalue weighted by molar-refractivity contribution is 7.89. The Morgan fingerprint density at radius 1 is 1.17 bits per heavy atom. The van der Waals surface area contributed by atoms with Crippen molar-refractivity contribution in [2.24, 2.45) is 11.1 Å². The van der Waals surface area contributed by atoms with Crippen LogP contribution in [0.1, 0.15) is 37.0 Å². The van der Waals surface area contributed by atoms with Gasteiger partial charge in [-0.3, -0.25) is 15.6 Å². The second-order valence-corrected chi connectivity index (χ2v) is 8.03. The van der Waals surface area contributed by atoms with Crippen LogP contribution in [0.5, 0.6) is 0 Å². The number of nitrogens with one attached hydrogen (secondary N) is 2. The Balaban J connectivity index is 1.88. The van der Waals surface area contributed by atoms with Crippen LogP contribution >= 0.6 is 0 Å². The van der Waals surface area contributed by atoms with Gasteiger partial charge in [-0.05, 0) is 56.9 Å². The Morgan fingerprint density at radius 2 is 1.71 bits per heavy atom. The zero-order valence-corrected chi connectivity index (χ0v) is 15.1. The normalized spacial score (nSPS) is 24.1. The molecule has 7 nitrogen and oxygen atoms in total. The van der Waals surface area contributed by atoms with Crippen molar-refractivity contribution in [2.75, 3.05) is 13.6 Å². The number of hydrazine groups is 1. The summed E-state index contributed by atoms with van der Waals surface area (Å²) < 4.78 is 22.5. The summed E-state index contributed by atoms with van der Waals surface area (Å²) in [5, 5.41) is 5.06. The molecule has 1 saturated heterocycles. The summed E-state index contributed by atoms with van der Waals surface area (Å²) in [6.45, 7) is 4.97. The molecule has 2 unspecified atom stereocenters. The van der Waals surface area contributed by atoms with Gasteiger partial charge in [0.1, 0.15) is 0 Å². The predicted molar refractivity (Wildman–Crippen MR) is 92.7 cm³/mol. The molecule has 1 aromatic rings. The summed E-state index contributed by atoms with van der Waals surface area (Å²) in [6.07, 6.45) is 1.95. The molecule has 2 rings (SSSR count). The predicted octanol–water partition coefficient (Wildman–Crippen LogP) is 0.687. The molecule has 24 heavy (non-hydrogen) atoms. The number of rotatable bonds is 6. The van der Waals surface area contributed by atoms with Gasteiger partial charge in [0, 0.05) is 31.2 Å². The van der Waals surface area contributed by atoms with Gasteiger partial charge >= 0.3 is 0 Å². The van der Waals surface area contributed by atoms with Crippen molar-refractivity contribution in [1.82, 2.24) is 15.8 Å². The standard InChI is InChI=1S/C16H26N4O3S/c1-11-15(12(2)19-18-11)5-4-10-20(3)16(21)13-6-8-14(9-7-13)24(17,22)23/h6-9,11-12,15,18-19H,4-5,10H2,1-3H3,(H2,17,22,23). The third-order valence-electron chi connectivity index (χ3n) is 4.63. The van der Waals surface area contributed by atoms with Crippen LogP contribution < -0.4 is 16.0 Å². The summed E-state index contributed by atoms with van der Waals surface area (Å²) in [6, 6.07) is 6.55. The maximum absolute atomic E-state index is 12.4. The van der Waals surface area contributed by atoms with Gasteiger partial charge in [-0.2, -0.15) is 0 Å². The Kier molecular flexibility index (Phi) is 5.97. The van der Waals surface area contributed by atoms with Gasteiger partial charge in [0.25, 0.3) is 5.91 Å². The number of hydrogen-bond donors (Lipinski definition) is 3. The van der Waals surface area contributed by atoms with Gasteiger partial charge in [-0.15, -0.1) is 0 Å². The third-order valence-corrected chi connectivity index (χ3v) is 5.56. The van der Waals surface area contributed by atoms with Crippen molar-refractivity contribution in [2.45, 2.75) is 43.7 Å². The van der Waals surface area contributed by atoms with Crippen molar-refractivity contribution in [3.63, 3.8) is 0 Å². The Morgan fingerprint density at radius 3 is 2.21 bits per heavy atom. The molecule has 0 saturated carbocycles. The molecule has 1 heterocycles. The number of carbonyl (C=O) groups excluding carboxylic acids is 1. The first-order chi connectivity index (χ1) is 11.2. The highest BCUT2D eigenvalue weighted by Gasteiger charge is 2.29. The van der Waals surface area contributed by atoms with Gasteiger partial charge < -0.3 is 4.90 Å². The minimum absolute atomic E-state index is 0.00547. The van der Waals surface area contributed by atoms with Crippen LogP contribution in [0, 0.1) is 5.92 Å². The van der Waals surface area contributed by atoms with E-state index in [9.17, 15) is 13.2 Å². The van der Waals surface area contributed by atoms with Crippen molar-refractivity contribution < 1.29 is 13.2 Å². The first-order valence-electron chi connectivity index (χ1n) is 8.09. The lowest BCUT2D eigenvalue weighted by Gasteiger charge is -2.21. The molecular weight excluding hydrogens is 328 g/mol. The molecule has 0 aliphatic carbocycles. The van der Waals surface area contributed by atoms with E-state index in [1.165, 1.54) is 24.3 Å². The van der Waals surface area contributed by atoms with Crippen molar-refractivity contribution in [1.29, 1.82) is 0 Å². The second-order valence-electron chi connectivity index (χ2n) is 6.47. The molecule has 1 aliphatic rings. The number of benzene rings is 1. The average molecular weight is 354 g/mol. The van der Waals surface area contributed by atoms with Crippen molar-refractivity contribution >= 4 is 15.9 Å². The Hall–Kier alpha value is -1.48. The Bertz CT molecular complexity index is 665. The number of nitrogens with two attached hydrogens (primary N) is 1. The lowest BCUT2D eigenvalue weighted by Crippen LogP contribution is -2.30. The van der Waals surface area contributed by atoms with Crippen LogP contribution in [0.3, 0.4) is 0 Å². The van der Waals surface area contributed by atoms with Crippen molar-refractivity contribution in [3.05, 3.63) is 29.8 Å². The fourth-order valence-electron chi connectivity index (χ4n) is 3.08. The summed E-state index contributed by atoms with van der Waals surface area (Å²) in [7, 11) is -1.98. The van der Waals surface area contributed by atoms with E-state index in [0.717, 1.165) is 12.8 Å². The minimum atomic E-state index is -3.74. The maximum atomic E-state index is 12.4. The van der Waals surface area contributed by atoms with Crippen LogP contribution in [0.2, 0.25) is 0 Å². The van der Waals surface area contributed by atoms with E-state index in [1.54, 1.807) is 11.9 Å². The lowest BCUT2D eigenvalue weighted by molar-refractivity contribution is 0.0790. The molecule has 1 amide bonds. The SMILES string of the molecule is CC1NNC(C)C1CCCN(C)C(=O)c1ccc(S(N)(=O)=O)cc1. The monoisotopic (exact) mass is 354 g/mol. The third kappa shape index (κ3) is 4.54. The minimum Gasteiger partial charge on any atom is -0.342 e. The lowest BCUT2D eigenvalue weighted by atomic mass is 9.91.